The molecule has 4 nitrogen and oxygen atoms in total. The van der Waals surface area contributed by atoms with Gasteiger partial charge in [0.25, 0.3) is 5.91 Å². The molecule has 0 bridgehead atoms. The molecule has 0 unspecified atom stereocenters. The number of carbonyl (C=O) groups excluding carboxylic acids is 1. The molecular weight excluding hydrogens is 322 g/mol. The first-order valence-electron chi connectivity index (χ1n) is 7.90. The Hall–Kier alpha value is -2.51. The van der Waals surface area contributed by atoms with E-state index < -0.39 is 0 Å². The molecule has 0 atom stereocenters. The van der Waals surface area contributed by atoms with Crippen molar-refractivity contribution in [3.63, 3.8) is 0 Å². The summed E-state index contributed by atoms with van der Waals surface area (Å²) < 4.78 is 0. The van der Waals surface area contributed by atoms with Crippen molar-refractivity contribution in [1.29, 1.82) is 5.26 Å². The normalized spacial score (nSPS) is 10.1. The van der Waals surface area contributed by atoms with Crippen LogP contribution in [0, 0.1) is 11.3 Å². The van der Waals surface area contributed by atoms with Gasteiger partial charge in [-0.2, -0.15) is 5.26 Å². The van der Waals surface area contributed by atoms with Crippen LogP contribution < -0.4 is 5.32 Å². The van der Waals surface area contributed by atoms with Crippen LogP contribution in [0.5, 0.6) is 0 Å². The predicted octanol–water partition coefficient (Wildman–Crippen LogP) is 4.31. The Morgan fingerprint density at radius 1 is 1.17 bits per heavy atom. The number of rotatable bonds is 6. The van der Waals surface area contributed by atoms with E-state index in [1.54, 1.807) is 23.1 Å². The maximum absolute atomic E-state index is 12.3. The summed E-state index contributed by atoms with van der Waals surface area (Å²) in [7, 11) is 0. The number of anilines is 1. The summed E-state index contributed by atoms with van der Waals surface area (Å²) in [5, 5.41) is 12.9. The van der Waals surface area contributed by atoms with Gasteiger partial charge in [-0.25, -0.2) is 0 Å². The van der Waals surface area contributed by atoms with E-state index >= 15 is 0 Å². The highest BCUT2D eigenvalue weighted by Gasteiger charge is 2.11. The number of halogens is 1. The lowest BCUT2D eigenvalue weighted by Crippen LogP contribution is -2.30. The van der Waals surface area contributed by atoms with Gasteiger partial charge >= 0.3 is 0 Å². The molecule has 0 saturated heterocycles. The predicted molar refractivity (Wildman–Crippen MR) is 97.2 cm³/mol. The average molecular weight is 342 g/mol. The summed E-state index contributed by atoms with van der Waals surface area (Å²) in [6.07, 6.45) is 0. The van der Waals surface area contributed by atoms with Gasteiger partial charge < -0.3 is 10.2 Å². The molecule has 0 aromatic heterocycles. The monoisotopic (exact) mass is 341 g/mol. The third-order valence-electron chi connectivity index (χ3n) is 3.84. The zero-order valence-electron chi connectivity index (χ0n) is 13.8. The fraction of sp³-hybridized carbons (Fsp3) is 0.263. The van der Waals surface area contributed by atoms with E-state index in [1.165, 1.54) is 0 Å². The second kappa shape index (κ2) is 8.37. The van der Waals surface area contributed by atoms with E-state index in [9.17, 15) is 4.79 Å². The third kappa shape index (κ3) is 4.27. The molecule has 0 aliphatic carbocycles. The zero-order valence-corrected chi connectivity index (χ0v) is 14.6. The molecule has 1 amide bonds. The molecule has 24 heavy (non-hydrogen) atoms. The summed E-state index contributed by atoms with van der Waals surface area (Å²) in [6.45, 7) is 5.91. The maximum atomic E-state index is 12.3. The van der Waals surface area contributed by atoms with Crippen molar-refractivity contribution in [2.45, 2.75) is 20.4 Å². The lowest BCUT2D eigenvalue weighted by atomic mass is 10.1. The van der Waals surface area contributed by atoms with Gasteiger partial charge in [-0.3, -0.25) is 4.79 Å². The minimum atomic E-state index is 0.0453. The maximum Gasteiger partial charge on any atom is 0.253 e. The van der Waals surface area contributed by atoms with Gasteiger partial charge in [0.1, 0.15) is 6.07 Å². The molecule has 0 aliphatic rings. The Morgan fingerprint density at radius 2 is 1.83 bits per heavy atom. The molecule has 2 aromatic rings. The van der Waals surface area contributed by atoms with Crippen LogP contribution in [-0.4, -0.2) is 23.9 Å². The van der Waals surface area contributed by atoms with Crippen LogP contribution in [0.2, 0.25) is 5.02 Å². The fourth-order valence-electron chi connectivity index (χ4n) is 2.42. The molecule has 0 fully saturated rings. The minimum Gasteiger partial charge on any atom is -0.380 e. The molecule has 1 N–H and O–H groups in total. The molecule has 124 valence electrons. The van der Waals surface area contributed by atoms with Crippen LogP contribution >= 0.6 is 11.6 Å². The molecule has 2 aromatic carbocycles. The quantitative estimate of drug-likeness (QED) is 0.852. The minimum absolute atomic E-state index is 0.0453. The highest BCUT2D eigenvalue weighted by molar-refractivity contribution is 6.30. The van der Waals surface area contributed by atoms with Crippen molar-refractivity contribution < 1.29 is 4.79 Å². The van der Waals surface area contributed by atoms with Crippen LogP contribution in [0.3, 0.4) is 0 Å². The molecule has 5 heteroatoms. The Kier molecular flexibility index (Phi) is 6.22. The number of nitrogens with zero attached hydrogens (tertiary/aromatic N) is 2. The van der Waals surface area contributed by atoms with Crippen LogP contribution in [0.1, 0.15) is 35.3 Å². The largest absolute Gasteiger partial charge is 0.380 e. The Bertz CT molecular complexity index is 746. The van der Waals surface area contributed by atoms with Crippen molar-refractivity contribution in [2.24, 2.45) is 0 Å². The van der Waals surface area contributed by atoms with Crippen LogP contribution in [0.15, 0.2) is 42.5 Å². The first kappa shape index (κ1) is 17.8. The zero-order chi connectivity index (χ0) is 17.5. The number of carbonyl (C=O) groups is 1. The highest BCUT2D eigenvalue weighted by atomic mass is 35.5. The van der Waals surface area contributed by atoms with Gasteiger partial charge in [-0.1, -0.05) is 23.7 Å². The van der Waals surface area contributed by atoms with Crippen molar-refractivity contribution in [3.8, 4) is 6.07 Å². The van der Waals surface area contributed by atoms with Gasteiger partial charge in [0.2, 0.25) is 0 Å². The SMILES string of the molecule is CCN(CC)C(=O)c1ccc(CNc2ccc(Cl)cc2C#N)cc1. The van der Waals surface area contributed by atoms with E-state index in [0.717, 1.165) is 11.3 Å². The van der Waals surface area contributed by atoms with E-state index in [2.05, 4.69) is 11.4 Å². The van der Waals surface area contributed by atoms with E-state index in [1.807, 2.05) is 38.1 Å². The average Bonchev–Trinajstić information content (AvgIpc) is 2.62. The molecule has 2 rings (SSSR count). The van der Waals surface area contributed by atoms with E-state index in [4.69, 9.17) is 16.9 Å². The van der Waals surface area contributed by atoms with Crippen molar-refractivity contribution >= 4 is 23.2 Å². The second-order valence-corrected chi connectivity index (χ2v) is 5.77. The summed E-state index contributed by atoms with van der Waals surface area (Å²) in [4.78, 5) is 14.1. The fourth-order valence-corrected chi connectivity index (χ4v) is 2.59. The first-order valence-corrected chi connectivity index (χ1v) is 8.28. The lowest BCUT2D eigenvalue weighted by Gasteiger charge is -2.18. The van der Waals surface area contributed by atoms with Gasteiger partial charge in [-0.05, 0) is 49.7 Å². The molecular formula is C19H20ClN3O. The highest BCUT2D eigenvalue weighted by Crippen LogP contribution is 2.20. The Balaban J connectivity index is 2.05. The van der Waals surface area contributed by atoms with E-state index in [-0.39, 0.29) is 5.91 Å². The van der Waals surface area contributed by atoms with E-state index in [0.29, 0.717) is 35.8 Å². The number of nitriles is 1. The second-order valence-electron chi connectivity index (χ2n) is 5.33. The van der Waals surface area contributed by atoms with Crippen molar-refractivity contribution in [3.05, 3.63) is 64.2 Å². The van der Waals surface area contributed by atoms with Crippen LogP contribution in [0.4, 0.5) is 5.69 Å². The number of hydrogen-bond donors (Lipinski definition) is 1. The number of benzene rings is 2. The molecule has 0 spiro atoms. The number of amides is 1. The third-order valence-corrected chi connectivity index (χ3v) is 4.07. The standard InChI is InChI=1S/C19H20ClN3O/c1-3-23(4-2)19(24)15-7-5-14(6-8-15)13-22-18-10-9-17(20)11-16(18)12-21/h5-11,22H,3-4,13H2,1-2H3. The number of hydrogen-bond acceptors (Lipinski definition) is 3. The van der Waals surface area contributed by atoms with Crippen molar-refractivity contribution in [2.75, 3.05) is 18.4 Å². The lowest BCUT2D eigenvalue weighted by molar-refractivity contribution is 0.0773. The molecule has 0 radical (unpaired) electrons. The molecule has 0 aliphatic heterocycles. The number of nitrogens with one attached hydrogen (secondary N) is 1. The summed E-state index contributed by atoms with van der Waals surface area (Å²) in [6, 6.07) is 14.8. The van der Waals surface area contributed by atoms with Gasteiger partial charge in [0, 0.05) is 30.2 Å². The molecule has 0 heterocycles. The van der Waals surface area contributed by atoms with Crippen molar-refractivity contribution in [1.82, 2.24) is 4.90 Å². The Labute approximate surface area is 147 Å². The van der Waals surface area contributed by atoms with Crippen LogP contribution in [-0.2, 0) is 6.54 Å². The van der Waals surface area contributed by atoms with Crippen LogP contribution in [0.25, 0.3) is 0 Å². The van der Waals surface area contributed by atoms with Gasteiger partial charge in [-0.15, -0.1) is 0 Å². The first-order chi connectivity index (χ1) is 11.6. The Morgan fingerprint density at radius 3 is 2.42 bits per heavy atom. The topological polar surface area (TPSA) is 56.1 Å². The smallest absolute Gasteiger partial charge is 0.253 e. The molecule has 0 saturated carbocycles. The summed E-state index contributed by atoms with van der Waals surface area (Å²) in [5.74, 6) is 0.0453. The van der Waals surface area contributed by atoms with Gasteiger partial charge in [0.05, 0.1) is 11.3 Å². The summed E-state index contributed by atoms with van der Waals surface area (Å²) in [5.41, 5.74) is 2.97. The van der Waals surface area contributed by atoms with Gasteiger partial charge in [0.15, 0.2) is 0 Å². The summed E-state index contributed by atoms with van der Waals surface area (Å²) >= 11 is 5.89.